The van der Waals surface area contributed by atoms with Crippen LogP contribution in [0.4, 0.5) is 5.69 Å². The lowest BCUT2D eigenvalue weighted by Gasteiger charge is -2.36. The summed E-state index contributed by atoms with van der Waals surface area (Å²) in [5.74, 6) is -0.483. The SMILES string of the molecule is N#Cc1cc(OCN2CCN(c3cccc(Cl)c3Cl)CC2)cc(O)c1O. The molecule has 0 saturated carbocycles. The lowest BCUT2D eigenvalue weighted by molar-refractivity contribution is 0.119. The molecule has 8 heteroatoms. The Morgan fingerprint density at radius 1 is 1.12 bits per heavy atom. The first-order valence-corrected chi connectivity index (χ1v) is 8.75. The second-order valence-corrected chi connectivity index (χ2v) is 6.69. The molecular weight excluding hydrogens is 377 g/mol. The standard InChI is InChI=1S/C18H17Cl2N3O3/c19-14-2-1-3-15(17(14)20)23-6-4-22(5-7-23)11-26-13-8-12(10-21)18(25)16(24)9-13/h1-3,8-9,24-25H,4-7,11H2. The molecule has 0 spiro atoms. The van der Waals surface area contributed by atoms with Gasteiger partial charge in [0, 0.05) is 38.3 Å². The minimum absolute atomic E-state index is 0.0274. The van der Waals surface area contributed by atoms with Crippen LogP contribution in [0.2, 0.25) is 10.0 Å². The normalized spacial score (nSPS) is 14.9. The molecule has 0 aliphatic carbocycles. The van der Waals surface area contributed by atoms with Gasteiger partial charge in [-0.2, -0.15) is 5.26 Å². The number of nitrogens with zero attached hydrogens (tertiary/aromatic N) is 3. The molecule has 136 valence electrons. The summed E-state index contributed by atoms with van der Waals surface area (Å²) < 4.78 is 5.65. The van der Waals surface area contributed by atoms with Crippen LogP contribution in [0.1, 0.15) is 5.56 Å². The fraction of sp³-hybridized carbons (Fsp3) is 0.278. The van der Waals surface area contributed by atoms with E-state index in [2.05, 4.69) is 9.80 Å². The van der Waals surface area contributed by atoms with Crippen LogP contribution < -0.4 is 9.64 Å². The topological polar surface area (TPSA) is 80.0 Å². The summed E-state index contributed by atoms with van der Waals surface area (Å²) in [5.41, 5.74) is 0.891. The maximum atomic E-state index is 9.63. The predicted molar refractivity (Wildman–Crippen MR) is 100 cm³/mol. The summed E-state index contributed by atoms with van der Waals surface area (Å²) in [5, 5.41) is 29.2. The second-order valence-electron chi connectivity index (χ2n) is 5.90. The lowest BCUT2D eigenvalue weighted by atomic mass is 10.2. The van der Waals surface area contributed by atoms with E-state index in [4.69, 9.17) is 33.2 Å². The Kier molecular flexibility index (Phi) is 5.62. The van der Waals surface area contributed by atoms with E-state index in [0.29, 0.717) is 22.5 Å². The zero-order valence-electron chi connectivity index (χ0n) is 13.8. The summed E-state index contributed by atoms with van der Waals surface area (Å²) in [6.07, 6.45) is 0. The molecule has 1 aliphatic rings. The van der Waals surface area contributed by atoms with Crippen LogP contribution in [0.15, 0.2) is 30.3 Å². The summed E-state index contributed by atoms with van der Waals surface area (Å²) in [6, 6.07) is 10.1. The number of nitriles is 1. The van der Waals surface area contributed by atoms with Crippen molar-refractivity contribution in [3.05, 3.63) is 45.9 Å². The largest absolute Gasteiger partial charge is 0.504 e. The maximum Gasteiger partial charge on any atom is 0.175 e. The molecule has 0 unspecified atom stereocenters. The minimum atomic E-state index is -0.438. The van der Waals surface area contributed by atoms with Gasteiger partial charge >= 0.3 is 0 Å². The van der Waals surface area contributed by atoms with E-state index in [1.807, 2.05) is 18.2 Å². The molecule has 1 heterocycles. The summed E-state index contributed by atoms with van der Waals surface area (Å²) in [4.78, 5) is 4.27. The molecule has 2 aromatic carbocycles. The van der Waals surface area contributed by atoms with Crippen molar-refractivity contribution in [3.8, 4) is 23.3 Å². The van der Waals surface area contributed by atoms with Gasteiger partial charge in [0.25, 0.3) is 0 Å². The van der Waals surface area contributed by atoms with Crippen molar-refractivity contribution < 1.29 is 14.9 Å². The predicted octanol–water partition coefficient (Wildman–Crippen LogP) is 3.43. The van der Waals surface area contributed by atoms with Crippen molar-refractivity contribution in [2.75, 3.05) is 37.8 Å². The molecule has 6 nitrogen and oxygen atoms in total. The number of aromatic hydroxyl groups is 2. The zero-order chi connectivity index (χ0) is 18.7. The number of anilines is 1. The van der Waals surface area contributed by atoms with Crippen LogP contribution in [0.3, 0.4) is 0 Å². The van der Waals surface area contributed by atoms with E-state index in [0.717, 1.165) is 31.9 Å². The third-order valence-corrected chi connectivity index (χ3v) is 5.05. The zero-order valence-corrected chi connectivity index (χ0v) is 15.3. The van der Waals surface area contributed by atoms with E-state index in [9.17, 15) is 10.2 Å². The third-order valence-electron chi connectivity index (χ3n) is 4.24. The molecule has 26 heavy (non-hydrogen) atoms. The highest BCUT2D eigenvalue weighted by Gasteiger charge is 2.20. The Morgan fingerprint density at radius 2 is 1.85 bits per heavy atom. The van der Waals surface area contributed by atoms with E-state index >= 15 is 0 Å². The van der Waals surface area contributed by atoms with Crippen molar-refractivity contribution >= 4 is 28.9 Å². The van der Waals surface area contributed by atoms with Crippen LogP contribution in [0.5, 0.6) is 17.2 Å². The van der Waals surface area contributed by atoms with Crippen molar-refractivity contribution in [1.82, 2.24) is 4.90 Å². The molecule has 1 fully saturated rings. The summed E-state index contributed by atoms with van der Waals surface area (Å²) in [6.45, 7) is 3.38. The van der Waals surface area contributed by atoms with Gasteiger partial charge in [0.2, 0.25) is 0 Å². The highest BCUT2D eigenvalue weighted by Crippen LogP contribution is 2.34. The molecule has 1 aliphatic heterocycles. The van der Waals surface area contributed by atoms with Gasteiger partial charge in [-0.3, -0.25) is 4.90 Å². The molecule has 3 rings (SSSR count). The second kappa shape index (κ2) is 7.92. The van der Waals surface area contributed by atoms with Gasteiger partial charge in [0.05, 0.1) is 15.7 Å². The van der Waals surface area contributed by atoms with Gasteiger partial charge < -0.3 is 19.8 Å². The number of halogens is 2. The molecule has 0 bridgehead atoms. The van der Waals surface area contributed by atoms with Crippen LogP contribution >= 0.6 is 23.2 Å². The Bertz CT molecular complexity index is 846. The van der Waals surface area contributed by atoms with Gasteiger partial charge in [-0.15, -0.1) is 0 Å². The molecule has 1 saturated heterocycles. The van der Waals surface area contributed by atoms with E-state index in [1.165, 1.54) is 12.1 Å². The van der Waals surface area contributed by atoms with Gasteiger partial charge in [-0.05, 0) is 12.1 Å². The monoisotopic (exact) mass is 393 g/mol. The van der Waals surface area contributed by atoms with Crippen LogP contribution in [-0.2, 0) is 0 Å². The number of benzene rings is 2. The summed E-state index contributed by atoms with van der Waals surface area (Å²) in [7, 11) is 0. The van der Waals surface area contributed by atoms with Crippen molar-refractivity contribution in [1.29, 1.82) is 5.26 Å². The molecule has 2 N–H and O–H groups in total. The van der Waals surface area contributed by atoms with Crippen LogP contribution in [0.25, 0.3) is 0 Å². The Balaban J connectivity index is 1.57. The quantitative estimate of drug-likeness (QED) is 0.774. The smallest absolute Gasteiger partial charge is 0.175 e. The van der Waals surface area contributed by atoms with Gasteiger partial charge in [0.15, 0.2) is 11.5 Å². The summed E-state index contributed by atoms with van der Waals surface area (Å²) >= 11 is 12.4. The Labute approximate surface area is 161 Å². The molecule has 0 amide bonds. The number of piperazine rings is 1. The average Bonchev–Trinajstić information content (AvgIpc) is 2.65. The van der Waals surface area contributed by atoms with E-state index in [-0.39, 0.29) is 11.3 Å². The van der Waals surface area contributed by atoms with Crippen LogP contribution in [-0.4, -0.2) is 48.0 Å². The highest BCUT2D eigenvalue weighted by molar-refractivity contribution is 6.43. The molecule has 0 atom stereocenters. The fourth-order valence-electron chi connectivity index (χ4n) is 2.78. The minimum Gasteiger partial charge on any atom is -0.504 e. The molecular formula is C18H17Cl2N3O3. The molecule has 0 aromatic heterocycles. The lowest BCUT2D eigenvalue weighted by Crippen LogP contribution is -2.47. The van der Waals surface area contributed by atoms with Crippen molar-refractivity contribution in [3.63, 3.8) is 0 Å². The van der Waals surface area contributed by atoms with Crippen molar-refractivity contribution in [2.24, 2.45) is 0 Å². The van der Waals surface area contributed by atoms with Crippen LogP contribution in [0, 0.1) is 11.3 Å². The number of phenols is 2. The van der Waals surface area contributed by atoms with Gasteiger partial charge in [-0.1, -0.05) is 29.3 Å². The van der Waals surface area contributed by atoms with Crippen molar-refractivity contribution in [2.45, 2.75) is 0 Å². The number of hydrogen-bond acceptors (Lipinski definition) is 6. The fourth-order valence-corrected chi connectivity index (χ4v) is 3.20. The van der Waals surface area contributed by atoms with Gasteiger partial charge in [-0.25, -0.2) is 0 Å². The average molecular weight is 394 g/mol. The number of ether oxygens (including phenoxy) is 1. The third kappa shape index (κ3) is 3.91. The van der Waals surface area contributed by atoms with E-state index < -0.39 is 5.75 Å². The Hall–Kier alpha value is -2.33. The first-order valence-electron chi connectivity index (χ1n) is 8.00. The van der Waals surface area contributed by atoms with E-state index in [1.54, 1.807) is 6.07 Å². The molecule has 2 aromatic rings. The number of phenolic OH excluding ortho intramolecular Hbond substituents is 2. The number of rotatable bonds is 4. The number of hydrogen-bond donors (Lipinski definition) is 2. The molecule has 0 radical (unpaired) electrons. The first kappa shape index (κ1) is 18.5. The maximum absolute atomic E-state index is 9.63. The highest BCUT2D eigenvalue weighted by atomic mass is 35.5. The first-order chi connectivity index (χ1) is 12.5. The Morgan fingerprint density at radius 3 is 2.54 bits per heavy atom. The van der Waals surface area contributed by atoms with Gasteiger partial charge in [0.1, 0.15) is 24.1 Å².